The Bertz CT molecular complexity index is 617. The van der Waals surface area contributed by atoms with Gasteiger partial charge in [-0.05, 0) is 37.1 Å². The summed E-state index contributed by atoms with van der Waals surface area (Å²) in [6, 6.07) is 6.85. The number of carbonyl (C=O) groups is 1. The van der Waals surface area contributed by atoms with Crippen molar-refractivity contribution in [2.45, 2.75) is 26.7 Å². The van der Waals surface area contributed by atoms with Gasteiger partial charge in [-0.3, -0.25) is 0 Å². The van der Waals surface area contributed by atoms with Crippen molar-refractivity contribution >= 4 is 11.7 Å². The normalized spacial score (nSPS) is 10.6. The Morgan fingerprint density at radius 3 is 2.63 bits per heavy atom. The van der Waals surface area contributed by atoms with Crippen molar-refractivity contribution < 1.29 is 9.90 Å². The van der Waals surface area contributed by atoms with Crippen molar-refractivity contribution in [2.75, 3.05) is 5.73 Å². The highest BCUT2D eigenvalue weighted by molar-refractivity contribution is 5.93. The fourth-order valence-corrected chi connectivity index (χ4v) is 2.02. The summed E-state index contributed by atoms with van der Waals surface area (Å²) in [5.41, 5.74) is 8.74. The number of benzene rings is 1. The van der Waals surface area contributed by atoms with Crippen LogP contribution in [-0.4, -0.2) is 20.9 Å². The van der Waals surface area contributed by atoms with E-state index in [1.54, 1.807) is 16.8 Å². The van der Waals surface area contributed by atoms with Crippen molar-refractivity contribution in [1.29, 1.82) is 0 Å². The number of aromatic carboxylic acids is 1. The Morgan fingerprint density at radius 2 is 2.05 bits per heavy atom. The fraction of sp³-hybridized carbons (Fsp3) is 0.286. The second-order valence-electron chi connectivity index (χ2n) is 4.33. The standard InChI is InChI=1S/C14H17N3O2/c1-3-10-8-11(4-2)17(16-10)13-6-5-9(15)7-12(13)14(18)19/h5-8H,3-4,15H2,1-2H3,(H,18,19). The van der Waals surface area contributed by atoms with Crippen LogP contribution in [0.15, 0.2) is 24.3 Å². The monoisotopic (exact) mass is 259 g/mol. The predicted molar refractivity (Wildman–Crippen MR) is 73.7 cm³/mol. The number of rotatable bonds is 4. The van der Waals surface area contributed by atoms with Crippen LogP contribution in [0.5, 0.6) is 0 Å². The van der Waals surface area contributed by atoms with Crippen LogP contribution in [0.2, 0.25) is 0 Å². The zero-order valence-electron chi connectivity index (χ0n) is 11.1. The number of anilines is 1. The number of nitrogens with two attached hydrogens (primary N) is 1. The van der Waals surface area contributed by atoms with Gasteiger partial charge in [0.15, 0.2) is 0 Å². The van der Waals surface area contributed by atoms with Gasteiger partial charge in [0.2, 0.25) is 0 Å². The number of nitrogens with zero attached hydrogens (tertiary/aromatic N) is 2. The molecule has 0 bridgehead atoms. The third kappa shape index (κ3) is 2.45. The number of carboxylic acids is 1. The predicted octanol–water partition coefficient (Wildman–Crippen LogP) is 2.28. The summed E-state index contributed by atoms with van der Waals surface area (Å²) < 4.78 is 1.70. The Labute approximate surface area is 111 Å². The average Bonchev–Trinajstić information content (AvgIpc) is 2.81. The number of hydrogen-bond acceptors (Lipinski definition) is 3. The van der Waals surface area contributed by atoms with Crippen LogP contribution < -0.4 is 5.73 Å². The fourth-order valence-electron chi connectivity index (χ4n) is 2.02. The van der Waals surface area contributed by atoms with Crippen LogP contribution in [0.4, 0.5) is 5.69 Å². The van der Waals surface area contributed by atoms with Gasteiger partial charge in [0, 0.05) is 11.4 Å². The first kappa shape index (κ1) is 13.1. The molecule has 0 spiro atoms. The van der Waals surface area contributed by atoms with Gasteiger partial charge < -0.3 is 10.8 Å². The van der Waals surface area contributed by atoms with Gasteiger partial charge in [0.25, 0.3) is 0 Å². The van der Waals surface area contributed by atoms with E-state index < -0.39 is 5.97 Å². The third-order valence-electron chi connectivity index (χ3n) is 3.04. The number of carboxylic acid groups (broad SMARTS) is 1. The SMILES string of the molecule is CCc1cc(CC)n(-c2ccc(N)cc2C(=O)O)n1. The van der Waals surface area contributed by atoms with E-state index in [4.69, 9.17) is 5.73 Å². The quantitative estimate of drug-likeness (QED) is 0.825. The van der Waals surface area contributed by atoms with Gasteiger partial charge in [-0.2, -0.15) is 5.10 Å². The summed E-state index contributed by atoms with van der Waals surface area (Å²) >= 11 is 0. The maximum atomic E-state index is 11.3. The first-order valence-corrected chi connectivity index (χ1v) is 6.27. The highest BCUT2D eigenvalue weighted by Crippen LogP contribution is 2.20. The van der Waals surface area contributed by atoms with Crippen LogP contribution in [0.1, 0.15) is 35.6 Å². The van der Waals surface area contributed by atoms with Crippen LogP contribution in [-0.2, 0) is 12.8 Å². The molecule has 0 saturated heterocycles. The second kappa shape index (κ2) is 5.14. The first-order valence-electron chi connectivity index (χ1n) is 6.27. The zero-order valence-corrected chi connectivity index (χ0v) is 11.1. The number of hydrogen-bond donors (Lipinski definition) is 2. The molecule has 0 fully saturated rings. The van der Waals surface area contributed by atoms with E-state index in [1.807, 2.05) is 19.9 Å². The summed E-state index contributed by atoms with van der Waals surface area (Å²) in [6.07, 6.45) is 1.60. The number of aromatic nitrogens is 2. The van der Waals surface area contributed by atoms with E-state index in [2.05, 4.69) is 5.10 Å². The van der Waals surface area contributed by atoms with E-state index in [1.165, 1.54) is 6.07 Å². The summed E-state index contributed by atoms with van der Waals surface area (Å²) in [7, 11) is 0. The molecule has 1 heterocycles. The Balaban J connectivity index is 2.64. The van der Waals surface area contributed by atoms with Gasteiger partial charge in [-0.15, -0.1) is 0 Å². The van der Waals surface area contributed by atoms with Crippen LogP contribution in [0.25, 0.3) is 5.69 Å². The van der Waals surface area contributed by atoms with Gasteiger partial charge in [-0.25, -0.2) is 9.48 Å². The molecule has 19 heavy (non-hydrogen) atoms. The third-order valence-corrected chi connectivity index (χ3v) is 3.04. The molecule has 0 aliphatic rings. The van der Waals surface area contributed by atoms with Crippen molar-refractivity contribution in [3.63, 3.8) is 0 Å². The molecule has 0 saturated carbocycles. The smallest absolute Gasteiger partial charge is 0.337 e. The lowest BCUT2D eigenvalue weighted by Gasteiger charge is -2.10. The number of aryl methyl sites for hydroxylation is 2. The van der Waals surface area contributed by atoms with Crippen molar-refractivity contribution in [3.05, 3.63) is 41.2 Å². The molecule has 1 aromatic carbocycles. The minimum Gasteiger partial charge on any atom is -0.478 e. The summed E-state index contributed by atoms with van der Waals surface area (Å²) in [4.78, 5) is 11.3. The molecule has 0 radical (unpaired) electrons. The summed E-state index contributed by atoms with van der Waals surface area (Å²) in [5.74, 6) is -1.00. The molecule has 0 aliphatic carbocycles. The summed E-state index contributed by atoms with van der Waals surface area (Å²) in [5, 5.41) is 13.7. The Hall–Kier alpha value is -2.30. The molecular weight excluding hydrogens is 242 g/mol. The zero-order chi connectivity index (χ0) is 14.0. The van der Waals surface area contributed by atoms with Crippen LogP contribution in [0, 0.1) is 0 Å². The van der Waals surface area contributed by atoms with E-state index in [-0.39, 0.29) is 5.56 Å². The summed E-state index contributed by atoms with van der Waals surface area (Å²) in [6.45, 7) is 4.04. The van der Waals surface area contributed by atoms with Crippen LogP contribution >= 0.6 is 0 Å². The molecule has 1 aromatic heterocycles. The Morgan fingerprint density at radius 1 is 1.32 bits per heavy atom. The van der Waals surface area contributed by atoms with E-state index in [0.717, 1.165) is 24.2 Å². The molecule has 0 amide bonds. The topological polar surface area (TPSA) is 81.1 Å². The lowest BCUT2D eigenvalue weighted by molar-refractivity contribution is 0.0696. The van der Waals surface area contributed by atoms with Crippen molar-refractivity contribution in [3.8, 4) is 5.69 Å². The Kier molecular flexibility index (Phi) is 3.55. The molecule has 5 nitrogen and oxygen atoms in total. The van der Waals surface area contributed by atoms with Gasteiger partial charge >= 0.3 is 5.97 Å². The lowest BCUT2D eigenvalue weighted by atomic mass is 10.1. The average molecular weight is 259 g/mol. The maximum absolute atomic E-state index is 11.3. The molecular formula is C14H17N3O2. The van der Waals surface area contributed by atoms with Gasteiger partial charge in [-0.1, -0.05) is 13.8 Å². The van der Waals surface area contributed by atoms with Crippen molar-refractivity contribution in [2.24, 2.45) is 0 Å². The van der Waals surface area contributed by atoms with E-state index in [9.17, 15) is 9.90 Å². The lowest BCUT2D eigenvalue weighted by Crippen LogP contribution is -2.09. The molecule has 100 valence electrons. The van der Waals surface area contributed by atoms with E-state index >= 15 is 0 Å². The molecule has 2 rings (SSSR count). The molecule has 2 aromatic rings. The minimum absolute atomic E-state index is 0.167. The van der Waals surface area contributed by atoms with Crippen LogP contribution in [0.3, 0.4) is 0 Å². The molecule has 0 unspecified atom stereocenters. The molecule has 3 N–H and O–H groups in total. The maximum Gasteiger partial charge on any atom is 0.337 e. The van der Waals surface area contributed by atoms with Gasteiger partial charge in [0.05, 0.1) is 16.9 Å². The van der Waals surface area contributed by atoms with E-state index in [0.29, 0.717) is 11.4 Å². The van der Waals surface area contributed by atoms with Gasteiger partial charge in [0.1, 0.15) is 0 Å². The molecule has 0 aliphatic heterocycles. The highest BCUT2D eigenvalue weighted by Gasteiger charge is 2.15. The highest BCUT2D eigenvalue weighted by atomic mass is 16.4. The number of nitrogen functional groups attached to an aromatic ring is 1. The van der Waals surface area contributed by atoms with Crippen molar-refractivity contribution in [1.82, 2.24) is 9.78 Å². The molecule has 0 atom stereocenters. The second-order valence-corrected chi connectivity index (χ2v) is 4.33. The minimum atomic E-state index is -1.00. The first-order chi connectivity index (χ1) is 9.06. The largest absolute Gasteiger partial charge is 0.478 e. The molecule has 5 heteroatoms.